The van der Waals surface area contributed by atoms with Gasteiger partial charge in [-0.3, -0.25) is 19.3 Å². The maximum atomic E-state index is 12.9. The molecule has 2 N–H and O–H groups in total. The number of rotatable bonds is 6. The molecule has 29 heavy (non-hydrogen) atoms. The van der Waals surface area contributed by atoms with Crippen molar-refractivity contribution < 1.29 is 28.3 Å². The van der Waals surface area contributed by atoms with Crippen LogP contribution in [-0.4, -0.2) is 47.4 Å². The second-order valence-corrected chi connectivity index (χ2v) is 7.65. The van der Waals surface area contributed by atoms with Crippen LogP contribution in [0.3, 0.4) is 0 Å². The standard InChI is InChI=1S/C20H24FN3O5/c1-13-6-8-20(9-7-13)18(27)24(19(28)23-20)11-17(26)29-12-16(25)22-10-14-2-4-15(21)5-3-14/h2-5,13H,6-12H2,1H3,(H,22,25)(H,23,28). The zero-order valence-corrected chi connectivity index (χ0v) is 16.2. The van der Waals surface area contributed by atoms with E-state index in [2.05, 4.69) is 17.6 Å². The number of amides is 4. The number of nitrogens with zero attached hydrogens (tertiary/aromatic N) is 1. The molecule has 2 aliphatic rings. The summed E-state index contributed by atoms with van der Waals surface area (Å²) >= 11 is 0. The zero-order chi connectivity index (χ0) is 21.0. The third-order valence-electron chi connectivity index (χ3n) is 5.43. The summed E-state index contributed by atoms with van der Waals surface area (Å²) in [7, 11) is 0. The minimum atomic E-state index is -0.920. The Kier molecular flexibility index (Phi) is 6.14. The SMILES string of the molecule is CC1CCC2(CC1)NC(=O)N(CC(=O)OCC(=O)NCc1ccc(F)cc1)C2=O. The minimum absolute atomic E-state index is 0.157. The predicted molar refractivity (Wildman–Crippen MR) is 99.8 cm³/mol. The van der Waals surface area contributed by atoms with Gasteiger partial charge in [-0.05, 0) is 49.3 Å². The molecule has 0 unspecified atom stereocenters. The molecule has 1 aliphatic heterocycles. The first-order chi connectivity index (χ1) is 13.8. The van der Waals surface area contributed by atoms with Gasteiger partial charge in [0.25, 0.3) is 11.8 Å². The van der Waals surface area contributed by atoms with E-state index in [1.807, 2.05) is 0 Å². The molecule has 3 rings (SSSR count). The van der Waals surface area contributed by atoms with Gasteiger partial charge in [0, 0.05) is 6.54 Å². The molecule has 0 radical (unpaired) electrons. The maximum Gasteiger partial charge on any atom is 0.326 e. The third kappa shape index (κ3) is 4.90. The summed E-state index contributed by atoms with van der Waals surface area (Å²) < 4.78 is 17.7. The summed E-state index contributed by atoms with van der Waals surface area (Å²) in [5, 5.41) is 5.26. The number of esters is 1. The molecule has 1 spiro atoms. The average Bonchev–Trinajstić information content (AvgIpc) is 2.92. The van der Waals surface area contributed by atoms with E-state index < -0.39 is 42.5 Å². The van der Waals surface area contributed by atoms with Gasteiger partial charge in [0.1, 0.15) is 17.9 Å². The molecule has 1 heterocycles. The average molecular weight is 405 g/mol. The number of hydrogen-bond acceptors (Lipinski definition) is 5. The van der Waals surface area contributed by atoms with Gasteiger partial charge in [0.2, 0.25) is 0 Å². The van der Waals surface area contributed by atoms with Crippen molar-refractivity contribution in [3.05, 3.63) is 35.6 Å². The highest BCUT2D eigenvalue weighted by atomic mass is 19.1. The van der Waals surface area contributed by atoms with Crippen molar-refractivity contribution in [1.82, 2.24) is 15.5 Å². The van der Waals surface area contributed by atoms with Gasteiger partial charge in [0.15, 0.2) is 6.61 Å². The van der Waals surface area contributed by atoms with Crippen LogP contribution in [0, 0.1) is 11.7 Å². The second kappa shape index (κ2) is 8.59. The van der Waals surface area contributed by atoms with Crippen LogP contribution in [0.1, 0.15) is 38.2 Å². The van der Waals surface area contributed by atoms with Crippen LogP contribution in [0.25, 0.3) is 0 Å². The van der Waals surface area contributed by atoms with E-state index in [0.717, 1.165) is 17.7 Å². The van der Waals surface area contributed by atoms with E-state index in [0.29, 0.717) is 24.3 Å². The van der Waals surface area contributed by atoms with Crippen molar-refractivity contribution >= 4 is 23.8 Å². The van der Waals surface area contributed by atoms with Crippen molar-refractivity contribution in [2.24, 2.45) is 5.92 Å². The van der Waals surface area contributed by atoms with Crippen LogP contribution in [0.4, 0.5) is 9.18 Å². The molecule has 156 valence electrons. The summed E-state index contributed by atoms with van der Waals surface area (Å²) in [6, 6.07) is 5.00. The third-order valence-corrected chi connectivity index (χ3v) is 5.43. The molecule has 0 bridgehead atoms. The molecule has 1 aromatic rings. The number of benzene rings is 1. The Balaban J connectivity index is 1.44. The molecule has 4 amide bonds. The van der Waals surface area contributed by atoms with Crippen LogP contribution in [-0.2, 0) is 25.7 Å². The fourth-order valence-corrected chi connectivity index (χ4v) is 3.59. The normalized spacial score (nSPS) is 23.8. The largest absolute Gasteiger partial charge is 0.454 e. The van der Waals surface area contributed by atoms with Crippen molar-refractivity contribution in [2.75, 3.05) is 13.2 Å². The molecule has 1 aromatic carbocycles. The van der Waals surface area contributed by atoms with Gasteiger partial charge in [-0.2, -0.15) is 0 Å². The van der Waals surface area contributed by atoms with Crippen LogP contribution in [0.2, 0.25) is 0 Å². The Morgan fingerprint density at radius 3 is 2.55 bits per heavy atom. The first-order valence-corrected chi connectivity index (χ1v) is 9.60. The highest BCUT2D eigenvalue weighted by Gasteiger charge is 2.52. The maximum absolute atomic E-state index is 12.9. The molecular weight excluding hydrogens is 381 g/mol. The summed E-state index contributed by atoms with van der Waals surface area (Å²) in [6.45, 7) is 1.19. The van der Waals surface area contributed by atoms with Crippen LogP contribution >= 0.6 is 0 Å². The molecule has 9 heteroatoms. The van der Waals surface area contributed by atoms with E-state index in [1.165, 1.54) is 24.3 Å². The lowest BCUT2D eigenvalue weighted by molar-refractivity contribution is -0.151. The summed E-state index contributed by atoms with van der Waals surface area (Å²) in [5.41, 5.74) is -0.228. The van der Waals surface area contributed by atoms with E-state index in [1.54, 1.807) is 0 Å². The number of halogens is 1. The lowest BCUT2D eigenvalue weighted by Crippen LogP contribution is -2.49. The van der Waals surface area contributed by atoms with Gasteiger partial charge < -0.3 is 15.4 Å². The highest BCUT2D eigenvalue weighted by molar-refractivity contribution is 6.08. The highest BCUT2D eigenvalue weighted by Crippen LogP contribution is 2.36. The Labute approximate surface area is 167 Å². The summed E-state index contributed by atoms with van der Waals surface area (Å²) in [6.07, 6.45) is 2.77. The van der Waals surface area contributed by atoms with E-state index >= 15 is 0 Å². The van der Waals surface area contributed by atoms with Gasteiger partial charge in [-0.1, -0.05) is 19.1 Å². The van der Waals surface area contributed by atoms with Gasteiger partial charge in [-0.15, -0.1) is 0 Å². The number of ether oxygens (including phenoxy) is 1. The molecular formula is C20H24FN3O5. The van der Waals surface area contributed by atoms with E-state index in [9.17, 15) is 23.6 Å². The van der Waals surface area contributed by atoms with Crippen LogP contribution in [0.15, 0.2) is 24.3 Å². The monoisotopic (exact) mass is 405 g/mol. The van der Waals surface area contributed by atoms with Gasteiger partial charge >= 0.3 is 12.0 Å². The second-order valence-electron chi connectivity index (χ2n) is 7.65. The minimum Gasteiger partial charge on any atom is -0.454 e. The molecule has 0 aromatic heterocycles. The fourth-order valence-electron chi connectivity index (χ4n) is 3.59. The Morgan fingerprint density at radius 1 is 1.24 bits per heavy atom. The fraction of sp³-hybridized carbons (Fsp3) is 0.500. The molecule has 1 saturated heterocycles. The predicted octanol–water partition coefficient (Wildman–Crippen LogP) is 1.49. The molecule has 1 saturated carbocycles. The van der Waals surface area contributed by atoms with Crippen molar-refractivity contribution in [3.63, 3.8) is 0 Å². The van der Waals surface area contributed by atoms with Crippen molar-refractivity contribution in [1.29, 1.82) is 0 Å². The van der Waals surface area contributed by atoms with E-state index in [4.69, 9.17) is 4.74 Å². The van der Waals surface area contributed by atoms with Crippen molar-refractivity contribution in [3.8, 4) is 0 Å². The Hall–Kier alpha value is -2.97. The lowest BCUT2D eigenvalue weighted by Gasteiger charge is -2.33. The topological polar surface area (TPSA) is 105 Å². The molecule has 8 nitrogen and oxygen atoms in total. The van der Waals surface area contributed by atoms with Crippen molar-refractivity contribution in [2.45, 2.75) is 44.7 Å². The number of imide groups is 1. The smallest absolute Gasteiger partial charge is 0.326 e. The zero-order valence-electron chi connectivity index (χ0n) is 16.2. The first kappa shape index (κ1) is 20.8. The molecule has 2 fully saturated rings. The Bertz CT molecular complexity index is 803. The van der Waals surface area contributed by atoms with E-state index in [-0.39, 0.29) is 12.4 Å². The number of hydrogen-bond donors (Lipinski definition) is 2. The first-order valence-electron chi connectivity index (χ1n) is 9.60. The molecule has 1 aliphatic carbocycles. The Morgan fingerprint density at radius 2 is 1.90 bits per heavy atom. The van der Waals surface area contributed by atoms with Crippen LogP contribution < -0.4 is 10.6 Å². The number of nitrogens with one attached hydrogen (secondary N) is 2. The number of carbonyl (C=O) groups excluding carboxylic acids is 4. The molecule has 0 atom stereocenters. The van der Waals surface area contributed by atoms with Gasteiger partial charge in [0.05, 0.1) is 0 Å². The summed E-state index contributed by atoms with van der Waals surface area (Å²) in [4.78, 5) is 49.5. The van der Waals surface area contributed by atoms with Crippen LogP contribution in [0.5, 0.6) is 0 Å². The summed E-state index contributed by atoms with van der Waals surface area (Å²) in [5.74, 6) is -1.67. The quantitative estimate of drug-likeness (QED) is 0.551. The van der Waals surface area contributed by atoms with Gasteiger partial charge in [-0.25, -0.2) is 9.18 Å². The number of carbonyl (C=O) groups is 4. The lowest BCUT2D eigenvalue weighted by atomic mass is 9.77. The number of urea groups is 1.